The first kappa shape index (κ1) is 17.8. The second kappa shape index (κ2) is 7.19. The zero-order chi connectivity index (χ0) is 19.7. The van der Waals surface area contributed by atoms with Gasteiger partial charge in [0.05, 0.1) is 13.7 Å². The summed E-state index contributed by atoms with van der Waals surface area (Å²) in [5, 5.41) is 4.60. The zero-order valence-electron chi connectivity index (χ0n) is 15.7. The number of hydrogen-bond acceptors (Lipinski definition) is 3. The summed E-state index contributed by atoms with van der Waals surface area (Å²) in [6, 6.07) is 18.9. The highest BCUT2D eigenvalue weighted by molar-refractivity contribution is 6.14. The van der Waals surface area contributed by atoms with Gasteiger partial charge in [-0.25, -0.2) is 4.79 Å². The fraction of sp³-hybridized carbons (Fsp3) is 0.130. The number of carbonyl (C=O) groups excluding carboxylic acids is 2. The topological polar surface area (TPSA) is 58.6 Å². The van der Waals surface area contributed by atoms with Crippen molar-refractivity contribution < 1.29 is 14.3 Å². The van der Waals surface area contributed by atoms with Gasteiger partial charge in [-0.15, -0.1) is 0 Å². The number of aryl methyl sites for hydroxylation is 1. The molecule has 0 aliphatic carbocycles. The molecule has 1 fully saturated rings. The highest BCUT2D eigenvalue weighted by Gasteiger charge is 2.33. The first-order valence-electron chi connectivity index (χ1n) is 9.02. The van der Waals surface area contributed by atoms with E-state index in [9.17, 15) is 9.59 Å². The van der Waals surface area contributed by atoms with Crippen LogP contribution < -0.4 is 10.1 Å². The summed E-state index contributed by atoms with van der Waals surface area (Å²) in [4.78, 5) is 26.4. The number of hydrogen-bond donors (Lipinski definition) is 1. The smallest absolute Gasteiger partial charge is 0.329 e. The molecule has 0 unspecified atom stereocenters. The number of nitrogens with one attached hydrogen (secondary N) is 1. The summed E-state index contributed by atoms with van der Waals surface area (Å²) in [5.41, 5.74) is 3.16. The van der Waals surface area contributed by atoms with Crippen molar-refractivity contribution in [3.05, 3.63) is 83.1 Å². The van der Waals surface area contributed by atoms with E-state index in [0.29, 0.717) is 0 Å². The first-order valence-corrected chi connectivity index (χ1v) is 9.02. The highest BCUT2D eigenvalue weighted by Crippen LogP contribution is 2.30. The first-order chi connectivity index (χ1) is 13.6. The van der Waals surface area contributed by atoms with Crippen LogP contribution in [0.4, 0.5) is 4.79 Å². The maximum absolute atomic E-state index is 12.8. The van der Waals surface area contributed by atoms with Crippen LogP contribution in [0.25, 0.3) is 16.8 Å². The van der Waals surface area contributed by atoms with E-state index in [1.54, 1.807) is 13.2 Å². The maximum Gasteiger partial charge on any atom is 0.329 e. The van der Waals surface area contributed by atoms with Crippen molar-refractivity contribution in [3.8, 4) is 5.75 Å². The molecule has 28 heavy (non-hydrogen) atoms. The van der Waals surface area contributed by atoms with Crippen LogP contribution in [0.2, 0.25) is 0 Å². The fourth-order valence-electron chi connectivity index (χ4n) is 3.35. The van der Waals surface area contributed by atoms with Crippen LogP contribution in [0.3, 0.4) is 0 Å². The molecular formula is C23H20N2O3. The van der Waals surface area contributed by atoms with Gasteiger partial charge in [0.25, 0.3) is 5.91 Å². The Labute approximate surface area is 163 Å². The predicted molar refractivity (Wildman–Crippen MR) is 109 cm³/mol. The van der Waals surface area contributed by atoms with Crippen molar-refractivity contribution in [2.24, 2.45) is 0 Å². The number of amides is 3. The van der Waals surface area contributed by atoms with Gasteiger partial charge in [0.15, 0.2) is 0 Å². The lowest BCUT2D eigenvalue weighted by atomic mass is 10.0. The number of urea groups is 1. The number of benzene rings is 3. The number of ether oxygens (including phenoxy) is 1. The lowest BCUT2D eigenvalue weighted by molar-refractivity contribution is -0.123. The van der Waals surface area contributed by atoms with Crippen molar-refractivity contribution in [1.29, 1.82) is 0 Å². The Morgan fingerprint density at radius 2 is 1.68 bits per heavy atom. The summed E-state index contributed by atoms with van der Waals surface area (Å²) >= 11 is 0. The normalized spacial score (nSPS) is 15.4. The van der Waals surface area contributed by atoms with Crippen LogP contribution in [-0.4, -0.2) is 23.9 Å². The van der Waals surface area contributed by atoms with Gasteiger partial charge in [-0.05, 0) is 35.6 Å². The van der Waals surface area contributed by atoms with Crippen LogP contribution in [-0.2, 0) is 11.3 Å². The molecule has 0 spiro atoms. The molecule has 3 aromatic carbocycles. The fourth-order valence-corrected chi connectivity index (χ4v) is 3.35. The molecular weight excluding hydrogens is 352 g/mol. The number of imide groups is 1. The Hall–Kier alpha value is -3.60. The van der Waals surface area contributed by atoms with Crippen molar-refractivity contribution >= 4 is 28.8 Å². The Kier molecular flexibility index (Phi) is 4.57. The largest absolute Gasteiger partial charge is 0.496 e. The van der Waals surface area contributed by atoms with E-state index in [2.05, 4.69) is 5.32 Å². The van der Waals surface area contributed by atoms with Crippen molar-refractivity contribution in [2.45, 2.75) is 13.5 Å². The quantitative estimate of drug-likeness (QED) is 0.550. The maximum atomic E-state index is 12.8. The van der Waals surface area contributed by atoms with Crippen molar-refractivity contribution in [3.63, 3.8) is 0 Å². The van der Waals surface area contributed by atoms with Crippen LogP contribution in [0, 0.1) is 6.92 Å². The molecule has 1 saturated heterocycles. The molecule has 0 radical (unpaired) electrons. The van der Waals surface area contributed by atoms with E-state index in [4.69, 9.17) is 4.74 Å². The number of nitrogens with zero attached hydrogens (tertiary/aromatic N) is 1. The van der Waals surface area contributed by atoms with Crippen LogP contribution in [0.1, 0.15) is 16.7 Å². The van der Waals surface area contributed by atoms with E-state index in [0.717, 1.165) is 33.2 Å². The molecule has 1 aliphatic heterocycles. The molecule has 0 aromatic heterocycles. The molecule has 0 saturated carbocycles. The van der Waals surface area contributed by atoms with Gasteiger partial charge in [0.1, 0.15) is 11.4 Å². The van der Waals surface area contributed by atoms with E-state index >= 15 is 0 Å². The van der Waals surface area contributed by atoms with Gasteiger partial charge in [-0.3, -0.25) is 9.69 Å². The van der Waals surface area contributed by atoms with Crippen molar-refractivity contribution in [1.82, 2.24) is 10.2 Å². The minimum Gasteiger partial charge on any atom is -0.496 e. The minimum absolute atomic E-state index is 0.242. The molecule has 5 heteroatoms. The number of fused-ring (bicyclic) bond motifs is 1. The standard InChI is InChI=1S/C23H20N2O3/c1-15-7-9-16(10-8-15)14-25-22(26)20(24-23(25)27)13-17-11-12-21(28-2)19-6-4-3-5-18(17)19/h3-13H,14H2,1-2H3,(H,24,27)/b20-13+. The summed E-state index contributed by atoms with van der Waals surface area (Å²) < 4.78 is 5.42. The molecule has 1 aliphatic rings. The highest BCUT2D eigenvalue weighted by atomic mass is 16.5. The van der Waals surface area contributed by atoms with E-state index in [1.165, 1.54) is 4.90 Å². The van der Waals surface area contributed by atoms with Crippen LogP contribution in [0.5, 0.6) is 5.75 Å². The van der Waals surface area contributed by atoms with Gasteiger partial charge >= 0.3 is 6.03 Å². The SMILES string of the molecule is COc1ccc(/C=C2/NC(=O)N(Cc3ccc(C)cc3)C2=O)c2ccccc12. The minimum atomic E-state index is -0.408. The lowest BCUT2D eigenvalue weighted by Gasteiger charge is -2.12. The predicted octanol–water partition coefficient (Wildman–Crippen LogP) is 4.25. The molecule has 5 nitrogen and oxygen atoms in total. The Bertz CT molecular complexity index is 1100. The number of carbonyl (C=O) groups is 2. The third kappa shape index (κ3) is 3.22. The molecule has 1 heterocycles. The molecule has 3 aromatic rings. The van der Waals surface area contributed by atoms with Gasteiger partial charge in [0.2, 0.25) is 0 Å². The van der Waals surface area contributed by atoms with Crippen molar-refractivity contribution in [2.75, 3.05) is 7.11 Å². The third-order valence-electron chi connectivity index (χ3n) is 4.86. The Morgan fingerprint density at radius 1 is 0.964 bits per heavy atom. The second-order valence-corrected chi connectivity index (χ2v) is 6.77. The molecule has 4 rings (SSSR count). The van der Waals surface area contributed by atoms with Crippen LogP contribution >= 0.6 is 0 Å². The summed E-state index contributed by atoms with van der Waals surface area (Å²) in [6.45, 7) is 2.24. The summed E-state index contributed by atoms with van der Waals surface area (Å²) in [5.74, 6) is 0.436. The molecule has 1 N–H and O–H groups in total. The lowest BCUT2D eigenvalue weighted by Crippen LogP contribution is -2.30. The average Bonchev–Trinajstić information content (AvgIpc) is 2.97. The van der Waals surface area contributed by atoms with E-state index in [-0.39, 0.29) is 18.1 Å². The Balaban J connectivity index is 1.66. The van der Waals surface area contributed by atoms with Gasteiger partial charge in [0, 0.05) is 5.39 Å². The number of methoxy groups -OCH3 is 1. The second-order valence-electron chi connectivity index (χ2n) is 6.77. The zero-order valence-corrected chi connectivity index (χ0v) is 15.7. The van der Waals surface area contributed by atoms with E-state index < -0.39 is 6.03 Å². The molecule has 0 atom stereocenters. The monoisotopic (exact) mass is 372 g/mol. The molecule has 0 bridgehead atoms. The van der Waals surface area contributed by atoms with Gasteiger partial charge in [-0.2, -0.15) is 0 Å². The summed E-state index contributed by atoms with van der Waals surface area (Å²) in [7, 11) is 1.63. The van der Waals surface area contributed by atoms with E-state index in [1.807, 2.05) is 67.6 Å². The number of rotatable bonds is 4. The molecule has 3 amide bonds. The Morgan fingerprint density at radius 3 is 2.39 bits per heavy atom. The van der Waals surface area contributed by atoms with Gasteiger partial charge < -0.3 is 10.1 Å². The third-order valence-corrected chi connectivity index (χ3v) is 4.86. The average molecular weight is 372 g/mol. The van der Waals surface area contributed by atoms with Crippen LogP contribution in [0.15, 0.2) is 66.4 Å². The summed E-state index contributed by atoms with van der Waals surface area (Å²) in [6.07, 6.45) is 1.72. The molecule has 140 valence electrons. The van der Waals surface area contributed by atoms with Gasteiger partial charge in [-0.1, -0.05) is 60.2 Å².